The van der Waals surface area contributed by atoms with Gasteiger partial charge in [-0.25, -0.2) is 4.98 Å². The average Bonchev–Trinajstić information content (AvgIpc) is 2.86. The first-order valence-corrected chi connectivity index (χ1v) is 7.65. The number of hydrogen-bond acceptors (Lipinski definition) is 6. The van der Waals surface area contributed by atoms with E-state index in [4.69, 9.17) is 31.9 Å². The zero-order valence-electron chi connectivity index (χ0n) is 11.1. The summed E-state index contributed by atoms with van der Waals surface area (Å²) >= 11 is 7.45. The van der Waals surface area contributed by atoms with Crippen LogP contribution in [0.25, 0.3) is 0 Å². The van der Waals surface area contributed by atoms with Gasteiger partial charge in [-0.2, -0.15) is 0 Å². The molecule has 2 fully saturated rings. The standard InChI is InChI=1S/C12H15ClN4O2S/c1-12(2)18-6-5-20-8(7(6)19-12)10(14)17-4-3-16-9(13)11(17)15/h3-4,6-8,14-15H,5H2,1-2H3/t6?,7?,8-/m1/s1. The van der Waals surface area contributed by atoms with Gasteiger partial charge in [-0.15, -0.1) is 11.8 Å². The van der Waals surface area contributed by atoms with Gasteiger partial charge in [-0.05, 0) is 13.8 Å². The minimum atomic E-state index is -0.612. The fourth-order valence-electron chi connectivity index (χ4n) is 2.51. The summed E-state index contributed by atoms with van der Waals surface area (Å²) in [5.74, 6) is 0.450. The largest absolute Gasteiger partial charge is 0.344 e. The number of fused-ring (bicyclic) bond motifs is 1. The highest BCUT2D eigenvalue weighted by molar-refractivity contribution is 8.01. The second-order valence-electron chi connectivity index (χ2n) is 5.21. The Kier molecular flexibility index (Phi) is 3.40. The first-order chi connectivity index (χ1) is 9.39. The van der Waals surface area contributed by atoms with E-state index in [0.29, 0.717) is 0 Å². The smallest absolute Gasteiger partial charge is 0.171 e. The number of thioether (sulfide) groups is 1. The van der Waals surface area contributed by atoms with Gasteiger partial charge in [0.1, 0.15) is 11.9 Å². The van der Waals surface area contributed by atoms with Gasteiger partial charge < -0.3 is 9.47 Å². The Morgan fingerprint density at radius 3 is 3.05 bits per heavy atom. The van der Waals surface area contributed by atoms with Crippen LogP contribution in [0.1, 0.15) is 13.8 Å². The number of rotatable bonds is 1. The summed E-state index contributed by atoms with van der Waals surface area (Å²) in [6.07, 6.45) is 2.89. The van der Waals surface area contributed by atoms with Gasteiger partial charge >= 0.3 is 0 Å². The lowest BCUT2D eigenvalue weighted by atomic mass is 10.1. The number of aromatic nitrogens is 2. The molecule has 0 radical (unpaired) electrons. The van der Waals surface area contributed by atoms with Crippen molar-refractivity contribution in [3.8, 4) is 0 Å². The maximum atomic E-state index is 8.35. The Morgan fingerprint density at radius 1 is 1.55 bits per heavy atom. The highest BCUT2D eigenvalue weighted by Gasteiger charge is 2.51. The summed E-state index contributed by atoms with van der Waals surface area (Å²) in [5.41, 5.74) is 0.0152. The van der Waals surface area contributed by atoms with Gasteiger partial charge in [0, 0.05) is 18.1 Å². The lowest BCUT2D eigenvalue weighted by molar-refractivity contribution is -0.144. The third kappa shape index (κ3) is 2.28. The van der Waals surface area contributed by atoms with E-state index in [-0.39, 0.29) is 33.9 Å². The molecule has 6 nitrogen and oxygen atoms in total. The molecule has 108 valence electrons. The summed E-state index contributed by atoms with van der Waals surface area (Å²) in [5, 5.41) is 16.2. The molecule has 0 saturated carbocycles. The maximum Gasteiger partial charge on any atom is 0.171 e. The highest BCUT2D eigenvalue weighted by Crippen LogP contribution is 2.41. The Bertz CT molecular complexity index is 618. The molecule has 0 amide bonds. The number of hydrogen-bond donors (Lipinski definition) is 2. The van der Waals surface area contributed by atoms with Crippen LogP contribution in [-0.2, 0) is 9.47 Å². The SMILES string of the molecule is CC1(C)OC2CS[C@@H](C(=N)n3ccnc(Cl)c3=N)C2O1. The van der Waals surface area contributed by atoms with Crippen molar-refractivity contribution in [3.63, 3.8) is 0 Å². The lowest BCUT2D eigenvalue weighted by Crippen LogP contribution is -2.40. The summed E-state index contributed by atoms with van der Waals surface area (Å²) in [6, 6.07) is 0. The van der Waals surface area contributed by atoms with Crippen molar-refractivity contribution in [2.75, 3.05) is 5.75 Å². The molecule has 0 aliphatic carbocycles. The molecule has 0 bridgehead atoms. The van der Waals surface area contributed by atoms with Crippen molar-refractivity contribution >= 4 is 29.2 Å². The first kappa shape index (κ1) is 14.1. The minimum Gasteiger partial charge on any atom is -0.344 e. The molecule has 2 aliphatic rings. The Balaban J connectivity index is 1.89. The molecule has 3 heterocycles. The van der Waals surface area contributed by atoms with E-state index in [1.165, 1.54) is 10.8 Å². The van der Waals surface area contributed by atoms with Crippen LogP contribution < -0.4 is 5.49 Å². The molecule has 1 aromatic rings. The number of halogens is 1. The zero-order chi connectivity index (χ0) is 14.5. The molecule has 2 aliphatic heterocycles. The predicted octanol–water partition coefficient (Wildman–Crippen LogP) is 1.48. The van der Waals surface area contributed by atoms with Crippen LogP contribution in [0.2, 0.25) is 5.15 Å². The van der Waals surface area contributed by atoms with Crippen molar-refractivity contribution in [1.82, 2.24) is 9.55 Å². The zero-order valence-corrected chi connectivity index (χ0v) is 12.7. The fraction of sp³-hybridized carbons (Fsp3) is 0.583. The van der Waals surface area contributed by atoms with Crippen LogP contribution in [-0.4, -0.2) is 44.4 Å². The quantitative estimate of drug-likeness (QED) is 0.607. The molecule has 3 rings (SSSR count). The second-order valence-corrected chi connectivity index (χ2v) is 6.75. The molecular formula is C12H15ClN4O2S. The predicted molar refractivity (Wildman–Crippen MR) is 76.3 cm³/mol. The van der Waals surface area contributed by atoms with Crippen LogP contribution in [0.4, 0.5) is 0 Å². The van der Waals surface area contributed by atoms with Crippen LogP contribution in [0.5, 0.6) is 0 Å². The normalized spacial score (nSPS) is 31.2. The van der Waals surface area contributed by atoms with Crippen molar-refractivity contribution in [3.05, 3.63) is 23.0 Å². The van der Waals surface area contributed by atoms with Crippen molar-refractivity contribution in [1.29, 1.82) is 10.8 Å². The van der Waals surface area contributed by atoms with Gasteiger partial charge in [-0.3, -0.25) is 15.4 Å². The van der Waals surface area contributed by atoms with Crippen molar-refractivity contribution < 1.29 is 9.47 Å². The van der Waals surface area contributed by atoms with Crippen LogP contribution >= 0.6 is 23.4 Å². The lowest BCUT2D eigenvalue weighted by Gasteiger charge is -2.22. The van der Waals surface area contributed by atoms with Crippen LogP contribution in [0, 0.1) is 10.8 Å². The van der Waals surface area contributed by atoms with E-state index >= 15 is 0 Å². The summed E-state index contributed by atoms with van der Waals surface area (Å²) in [6.45, 7) is 3.76. The molecule has 0 spiro atoms. The van der Waals surface area contributed by atoms with E-state index in [2.05, 4.69) is 4.98 Å². The van der Waals surface area contributed by atoms with Gasteiger partial charge in [0.05, 0.1) is 11.4 Å². The van der Waals surface area contributed by atoms with Crippen molar-refractivity contribution in [2.24, 2.45) is 0 Å². The molecule has 8 heteroatoms. The van der Waals surface area contributed by atoms with Gasteiger partial charge in [0.15, 0.2) is 16.4 Å². The highest BCUT2D eigenvalue weighted by atomic mass is 35.5. The third-order valence-corrected chi connectivity index (χ3v) is 4.98. The van der Waals surface area contributed by atoms with E-state index in [9.17, 15) is 0 Å². The average molecular weight is 315 g/mol. The van der Waals surface area contributed by atoms with Crippen molar-refractivity contribution in [2.45, 2.75) is 37.1 Å². The fourth-order valence-corrected chi connectivity index (χ4v) is 4.01. The monoisotopic (exact) mass is 314 g/mol. The van der Waals surface area contributed by atoms with Gasteiger partial charge in [0.2, 0.25) is 0 Å². The Labute approximate surface area is 125 Å². The number of nitrogens with zero attached hydrogens (tertiary/aromatic N) is 2. The minimum absolute atomic E-state index is 0.00700. The van der Waals surface area contributed by atoms with Crippen LogP contribution in [0.15, 0.2) is 12.4 Å². The summed E-state index contributed by atoms with van der Waals surface area (Å²) < 4.78 is 13.1. The molecule has 20 heavy (non-hydrogen) atoms. The molecule has 1 aromatic heterocycles. The van der Waals surface area contributed by atoms with E-state index in [1.54, 1.807) is 18.0 Å². The maximum absolute atomic E-state index is 8.35. The Hall–Kier alpha value is -0.890. The van der Waals surface area contributed by atoms with E-state index in [0.717, 1.165) is 5.75 Å². The summed E-state index contributed by atoms with van der Waals surface area (Å²) in [4.78, 5) is 3.84. The topological polar surface area (TPSA) is 84.0 Å². The van der Waals surface area contributed by atoms with E-state index < -0.39 is 5.79 Å². The molecule has 0 aromatic carbocycles. The van der Waals surface area contributed by atoms with Gasteiger partial charge in [0.25, 0.3) is 0 Å². The molecule has 3 atom stereocenters. The molecular weight excluding hydrogens is 300 g/mol. The molecule has 2 unspecified atom stereocenters. The van der Waals surface area contributed by atoms with Crippen LogP contribution in [0.3, 0.4) is 0 Å². The summed E-state index contributed by atoms with van der Waals surface area (Å²) in [7, 11) is 0. The Morgan fingerprint density at radius 2 is 2.30 bits per heavy atom. The molecule has 2 saturated heterocycles. The second kappa shape index (κ2) is 4.84. The number of ether oxygens (including phenoxy) is 2. The van der Waals surface area contributed by atoms with E-state index in [1.807, 2.05) is 13.8 Å². The first-order valence-electron chi connectivity index (χ1n) is 6.23. The van der Waals surface area contributed by atoms with Gasteiger partial charge in [-0.1, -0.05) is 11.6 Å². The third-order valence-electron chi connectivity index (χ3n) is 3.33. The number of nitrogens with one attached hydrogen (secondary N) is 2. The molecule has 2 N–H and O–H groups in total.